The van der Waals surface area contributed by atoms with E-state index in [1.165, 1.54) is 63.4 Å². The molecule has 0 N–H and O–H groups in total. The van der Waals surface area contributed by atoms with E-state index in [1.807, 2.05) is 12.1 Å². The minimum absolute atomic E-state index is 0.421. The van der Waals surface area contributed by atoms with E-state index in [0.717, 1.165) is 11.5 Å². The summed E-state index contributed by atoms with van der Waals surface area (Å²) in [6.07, 6.45) is 12.9. The van der Waals surface area contributed by atoms with Crippen molar-refractivity contribution in [1.82, 2.24) is 0 Å². The summed E-state index contributed by atoms with van der Waals surface area (Å²) in [5, 5.41) is 8.89. The van der Waals surface area contributed by atoms with Gasteiger partial charge in [-0.05, 0) is 36.5 Å². The molecule has 1 nitrogen and oxygen atoms in total. The van der Waals surface area contributed by atoms with Gasteiger partial charge < -0.3 is 0 Å². The van der Waals surface area contributed by atoms with E-state index in [4.69, 9.17) is 5.26 Å². The fourth-order valence-corrected chi connectivity index (χ4v) is 7.48. The molecule has 0 spiro atoms. The van der Waals surface area contributed by atoms with Crippen LogP contribution in [0.2, 0.25) is 18.1 Å². The normalized spacial score (nSPS) is 21.0. The molecular weight excluding hydrogens is 294 g/mol. The fourth-order valence-electron chi connectivity index (χ4n) is 4.00. The van der Waals surface area contributed by atoms with E-state index >= 15 is 0 Å². The molecule has 0 aromatic heterocycles. The van der Waals surface area contributed by atoms with Crippen molar-refractivity contribution in [3.05, 3.63) is 35.4 Å². The smallest absolute Gasteiger partial charge is 0.0991 e. The molecule has 0 atom stereocenters. The van der Waals surface area contributed by atoms with E-state index < -0.39 is 8.80 Å². The molecule has 0 unspecified atom stereocenters. The van der Waals surface area contributed by atoms with Gasteiger partial charge in [0.05, 0.1) is 11.6 Å². The lowest BCUT2D eigenvalue weighted by molar-refractivity contribution is 0.589. The summed E-state index contributed by atoms with van der Waals surface area (Å²) < 4.78 is 0. The lowest BCUT2D eigenvalue weighted by atomic mass is 9.93. The largest absolute Gasteiger partial charge is 0.192 e. The van der Waals surface area contributed by atoms with Gasteiger partial charge in [0.2, 0.25) is 0 Å². The van der Waals surface area contributed by atoms with E-state index in [-0.39, 0.29) is 0 Å². The first-order chi connectivity index (χ1) is 11.3. The number of hydrogen-bond acceptors (Lipinski definition) is 1. The Kier molecular flexibility index (Phi) is 8.46. The van der Waals surface area contributed by atoms with Crippen molar-refractivity contribution in [2.75, 3.05) is 0 Å². The van der Waals surface area contributed by atoms with Gasteiger partial charge in [0.15, 0.2) is 0 Å². The standard InChI is InChI=1S/C21H33NSi/c1-2-3-4-5-6-7-8-15-23-16-13-21(14-17-23)20-11-9-19(18-22)10-12-20/h9-12,21,23H,2-8,13-17H2,1H3. The predicted molar refractivity (Wildman–Crippen MR) is 103 cm³/mol. The molecule has 1 fully saturated rings. The minimum atomic E-state index is -0.421. The number of benzene rings is 1. The number of nitriles is 1. The van der Waals surface area contributed by atoms with Crippen LogP contribution in [0.5, 0.6) is 0 Å². The Morgan fingerprint density at radius 3 is 2.17 bits per heavy atom. The number of unbranched alkanes of at least 4 members (excludes halogenated alkanes) is 6. The maximum absolute atomic E-state index is 8.89. The molecular formula is C21H33NSi. The first-order valence-corrected chi connectivity index (χ1v) is 12.3. The van der Waals surface area contributed by atoms with Gasteiger partial charge in [-0.3, -0.25) is 0 Å². The molecule has 1 saturated heterocycles. The summed E-state index contributed by atoms with van der Waals surface area (Å²) in [6.45, 7) is 2.29. The molecule has 1 aliphatic heterocycles. The Morgan fingerprint density at radius 2 is 1.57 bits per heavy atom. The van der Waals surface area contributed by atoms with Crippen LogP contribution < -0.4 is 0 Å². The SMILES string of the molecule is CCCCCCCCC[SiH]1CCC(c2ccc(C#N)cc2)CC1. The van der Waals surface area contributed by atoms with Crippen LogP contribution in [0.1, 0.15) is 81.8 Å². The Morgan fingerprint density at radius 1 is 0.957 bits per heavy atom. The lowest BCUT2D eigenvalue weighted by Crippen LogP contribution is -2.20. The number of rotatable bonds is 9. The van der Waals surface area contributed by atoms with Crippen LogP contribution >= 0.6 is 0 Å². The molecule has 1 aromatic rings. The molecule has 2 heteroatoms. The third-order valence-corrected chi connectivity index (χ3v) is 9.10. The molecule has 1 heterocycles. The van der Waals surface area contributed by atoms with Crippen molar-refractivity contribution in [3.8, 4) is 6.07 Å². The third kappa shape index (κ3) is 6.51. The van der Waals surface area contributed by atoms with E-state index in [9.17, 15) is 0 Å². The van der Waals surface area contributed by atoms with Crippen molar-refractivity contribution in [1.29, 1.82) is 5.26 Å². The van der Waals surface area contributed by atoms with Crippen LogP contribution in [0.3, 0.4) is 0 Å². The molecule has 0 saturated carbocycles. The molecule has 0 amide bonds. The highest BCUT2D eigenvalue weighted by atomic mass is 28.3. The van der Waals surface area contributed by atoms with Crippen LogP contribution in [0, 0.1) is 11.3 Å². The van der Waals surface area contributed by atoms with Crippen LogP contribution in [0.15, 0.2) is 24.3 Å². The third-order valence-electron chi connectivity index (χ3n) is 5.57. The maximum Gasteiger partial charge on any atom is 0.0991 e. The van der Waals surface area contributed by atoms with E-state index in [0.29, 0.717) is 0 Å². The Balaban J connectivity index is 1.59. The Hall–Kier alpha value is -1.07. The maximum atomic E-state index is 8.89. The summed E-state index contributed by atoms with van der Waals surface area (Å²) in [5.41, 5.74) is 2.25. The van der Waals surface area contributed by atoms with Gasteiger partial charge in [0, 0.05) is 8.80 Å². The molecule has 23 heavy (non-hydrogen) atoms. The van der Waals surface area contributed by atoms with Crippen molar-refractivity contribution < 1.29 is 0 Å². The molecule has 0 aliphatic carbocycles. The van der Waals surface area contributed by atoms with Crippen LogP contribution in [-0.2, 0) is 0 Å². The van der Waals surface area contributed by atoms with Crippen molar-refractivity contribution in [3.63, 3.8) is 0 Å². The van der Waals surface area contributed by atoms with Gasteiger partial charge in [-0.2, -0.15) is 5.26 Å². The molecule has 0 radical (unpaired) electrons. The van der Waals surface area contributed by atoms with Gasteiger partial charge in [-0.25, -0.2) is 0 Å². The highest BCUT2D eigenvalue weighted by Crippen LogP contribution is 2.35. The minimum Gasteiger partial charge on any atom is -0.192 e. The highest BCUT2D eigenvalue weighted by molar-refractivity contribution is 6.59. The van der Waals surface area contributed by atoms with Crippen molar-refractivity contribution in [2.24, 2.45) is 0 Å². The summed E-state index contributed by atoms with van der Waals surface area (Å²) in [5.74, 6) is 0.764. The zero-order valence-electron chi connectivity index (χ0n) is 14.9. The highest BCUT2D eigenvalue weighted by Gasteiger charge is 2.22. The monoisotopic (exact) mass is 327 g/mol. The Bertz CT molecular complexity index is 466. The van der Waals surface area contributed by atoms with Gasteiger partial charge in [-0.15, -0.1) is 0 Å². The van der Waals surface area contributed by atoms with Crippen LogP contribution in [-0.4, -0.2) is 8.80 Å². The molecule has 126 valence electrons. The number of nitrogens with zero attached hydrogens (tertiary/aromatic N) is 1. The fraction of sp³-hybridized carbons (Fsp3) is 0.667. The topological polar surface area (TPSA) is 23.8 Å². The number of hydrogen-bond donors (Lipinski definition) is 0. The Labute approximate surface area is 144 Å². The molecule has 0 bridgehead atoms. The zero-order chi connectivity index (χ0) is 16.3. The molecule has 1 aliphatic rings. The lowest BCUT2D eigenvalue weighted by Gasteiger charge is -2.28. The average molecular weight is 328 g/mol. The quantitative estimate of drug-likeness (QED) is 0.379. The van der Waals surface area contributed by atoms with Gasteiger partial charge in [0.1, 0.15) is 0 Å². The summed E-state index contributed by atoms with van der Waals surface area (Å²) in [4.78, 5) is 0. The molecule has 1 aromatic carbocycles. The van der Waals surface area contributed by atoms with Crippen LogP contribution in [0.25, 0.3) is 0 Å². The molecule has 2 rings (SSSR count). The van der Waals surface area contributed by atoms with Crippen molar-refractivity contribution in [2.45, 2.75) is 88.8 Å². The van der Waals surface area contributed by atoms with Gasteiger partial charge in [0.25, 0.3) is 0 Å². The van der Waals surface area contributed by atoms with Crippen molar-refractivity contribution >= 4 is 8.80 Å². The first kappa shape index (κ1) is 18.3. The van der Waals surface area contributed by atoms with Gasteiger partial charge in [-0.1, -0.05) is 82.1 Å². The second kappa shape index (κ2) is 10.7. The second-order valence-electron chi connectivity index (χ2n) is 7.36. The first-order valence-electron chi connectivity index (χ1n) is 9.83. The zero-order valence-corrected chi connectivity index (χ0v) is 16.1. The summed E-state index contributed by atoms with van der Waals surface area (Å²) >= 11 is 0. The predicted octanol–water partition coefficient (Wildman–Crippen LogP) is 6.41. The van der Waals surface area contributed by atoms with E-state index in [1.54, 1.807) is 18.1 Å². The second-order valence-corrected chi connectivity index (χ2v) is 10.8. The van der Waals surface area contributed by atoms with E-state index in [2.05, 4.69) is 25.1 Å². The average Bonchev–Trinajstić information content (AvgIpc) is 2.61. The summed E-state index contributed by atoms with van der Waals surface area (Å²) in [7, 11) is -0.421. The van der Waals surface area contributed by atoms with Gasteiger partial charge >= 0.3 is 0 Å². The summed E-state index contributed by atoms with van der Waals surface area (Å²) in [6, 6.07) is 15.2. The van der Waals surface area contributed by atoms with Crippen LogP contribution in [0.4, 0.5) is 0 Å².